The van der Waals surface area contributed by atoms with Gasteiger partial charge in [-0.05, 0) is 49.7 Å². The van der Waals surface area contributed by atoms with E-state index in [-0.39, 0.29) is 30.1 Å². The van der Waals surface area contributed by atoms with Crippen LogP contribution in [0.3, 0.4) is 0 Å². The van der Waals surface area contributed by atoms with Crippen LogP contribution < -0.4 is 10.6 Å². The van der Waals surface area contributed by atoms with E-state index >= 15 is 0 Å². The van der Waals surface area contributed by atoms with E-state index in [0.29, 0.717) is 12.6 Å². The summed E-state index contributed by atoms with van der Waals surface area (Å²) in [5.74, 6) is 1.67. The Balaban J connectivity index is 0.00000363. The molecular formula is C25H44IN5O. The molecule has 0 unspecified atom stereocenters. The van der Waals surface area contributed by atoms with Crippen LogP contribution >= 0.6 is 24.0 Å². The first kappa shape index (κ1) is 27.3. The molecular weight excluding hydrogens is 513 g/mol. The van der Waals surface area contributed by atoms with Gasteiger partial charge in [-0.3, -0.25) is 4.90 Å². The van der Waals surface area contributed by atoms with Gasteiger partial charge in [0.1, 0.15) is 0 Å². The predicted molar refractivity (Wildman–Crippen MR) is 145 cm³/mol. The van der Waals surface area contributed by atoms with Gasteiger partial charge in [0.25, 0.3) is 0 Å². The summed E-state index contributed by atoms with van der Waals surface area (Å²) in [6, 6.07) is 9.35. The minimum atomic E-state index is -0.108. The van der Waals surface area contributed by atoms with E-state index < -0.39 is 0 Å². The van der Waals surface area contributed by atoms with E-state index in [1.807, 2.05) is 0 Å². The van der Waals surface area contributed by atoms with Gasteiger partial charge in [0.15, 0.2) is 5.96 Å². The van der Waals surface area contributed by atoms with Crippen LogP contribution in [0, 0.1) is 5.92 Å². The minimum Gasteiger partial charge on any atom is -0.393 e. The van der Waals surface area contributed by atoms with Crippen LogP contribution in [0.15, 0.2) is 29.3 Å². The molecule has 0 spiro atoms. The van der Waals surface area contributed by atoms with Gasteiger partial charge >= 0.3 is 0 Å². The number of halogens is 1. The summed E-state index contributed by atoms with van der Waals surface area (Å²) < 4.78 is 0. The summed E-state index contributed by atoms with van der Waals surface area (Å²) in [5.41, 5.74) is 2.57. The summed E-state index contributed by atoms with van der Waals surface area (Å²) in [4.78, 5) is 9.86. The fourth-order valence-corrected chi connectivity index (χ4v) is 4.55. The largest absolute Gasteiger partial charge is 0.393 e. The van der Waals surface area contributed by atoms with E-state index in [1.165, 1.54) is 43.6 Å². The lowest BCUT2D eigenvalue weighted by Gasteiger charge is -2.34. The molecule has 0 aromatic heterocycles. The third-order valence-electron chi connectivity index (χ3n) is 6.30. The van der Waals surface area contributed by atoms with Crippen molar-refractivity contribution < 1.29 is 5.11 Å². The quantitative estimate of drug-likeness (QED) is 0.260. The number of nitrogens with zero attached hydrogens (tertiary/aromatic N) is 3. The number of piperidine rings is 2. The smallest absolute Gasteiger partial charge is 0.191 e. The van der Waals surface area contributed by atoms with Crippen LogP contribution in [0.1, 0.15) is 57.6 Å². The topological polar surface area (TPSA) is 63.1 Å². The number of benzene rings is 1. The second kappa shape index (κ2) is 14.4. The first-order valence-electron chi connectivity index (χ1n) is 12.3. The van der Waals surface area contributed by atoms with Gasteiger partial charge in [-0.25, -0.2) is 4.99 Å². The van der Waals surface area contributed by atoms with Gasteiger partial charge in [-0.15, -0.1) is 24.0 Å². The number of nitrogens with one attached hydrogen (secondary N) is 2. The highest BCUT2D eigenvalue weighted by Gasteiger charge is 2.20. The molecule has 1 aromatic carbocycles. The molecule has 1 aromatic rings. The average Bonchev–Trinajstić information content (AvgIpc) is 2.76. The first-order chi connectivity index (χ1) is 15.0. The predicted octanol–water partition coefficient (Wildman–Crippen LogP) is 3.44. The molecule has 3 rings (SSSR count). The molecule has 0 radical (unpaired) electrons. The summed E-state index contributed by atoms with van der Waals surface area (Å²) in [6.07, 6.45) is 4.04. The number of aliphatic hydroxyl groups is 1. The number of guanidine groups is 1. The molecule has 2 aliphatic heterocycles. The molecule has 0 aliphatic carbocycles. The highest BCUT2D eigenvalue weighted by molar-refractivity contribution is 14.0. The Morgan fingerprint density at radius 3 is 2.19 bits per heavy atom. The van der Waals surface area contributed by atoms with Crippen LogP contribution in [0.5, 0.6) is 0 Å². The zero-order valence-electron chi connectivity index (χ0n) is 20.2. The second-order valence-electron chi connectivity index (χ2n) is 9.63. The van der Waals surface area contributed by atoms with Gasteiger partial charge in [-0.1, -0.05) is 38.1 Å². The molecule has 2 aliphatic rings. The van der Waals surface area contributed by atoms with Crippen molar-refractivity contribution in [2.75, 3.05) is 39.3 Å². The Morgan fingerprint density at radius 2 is 1.59 bits per heavy atom. The number of aliphatic imine (C=N–C) groups is 1. The SMILES string of the molecule is CCNC(=NCc1ccc(CN2CCC(O)CC2)cc1)NC1CCN(CC(C)C)CC1.I. The van der Waals surface area contributed by atoms with Gasteiger partial charge < -0.3 is 20.6 Å². The highest BCUT2D eigenvalue weighted by Crippen LogP contribution is 2.15. The van der Waals surface area contributed by atoms with Gasteiger partial charge in [-0.2, -0.15) is 0 Å². The molecule has 182 valence electrons. The molecule has 32 heavy (non-hydrogen) atoms. The number of likely N-dealkylation sites (tertiary alicyclic amines) is 2. The Kier molecular flexibility index (Phi) is 12.3. The molecule has 2 fully saturated rings. The van der Waals surface area contributed by atoms with E-state index in [2.05, 4.69) is 65.5 Å². The van der Waals surface area contributed by atoms with Gasteiger partial charge in [0.05, 0.1) is 12.6 Å². The summed E-state index contributed by atoms with van der Waals surface area (Å²) in [7, 11) is 0. The van der Waals surface area contributed by atoms with Crippen molar-refractivity contribution in [3.63, 3.8) is 0 Å². The normalized spacial score (nSPS) is 19.7. The van der Waals surface area contributed by atoms with E-state index in [9.17, 15) is 5.11 Å². The van der Waals surface area contributed by atoms with Crippen molar-refractivity contribution in [2.45, 2.75) is 71.7 Å². The van der Waals surface area contributed by atoms with E-state index in [4.69, 9.17) is 4.99 Å². The Hall–Kier alpha value is -0.900. The third-order valence-corrected chi connectivity index (χ3v) is 6.30. The standard InChI is InChI=1S/C25H43N5O.HI/c1-4-26-25(28-23-9-13-29(14-10-23)18-20(2)3)27-17-21-5-7-22(8-6-21)19-30-15-11-24(31)12-16-30;/h5-8,20,23-24,31H,4,9-19H2,1-3H3,(H2,26,27,28);1H. The molecule has 7 heteroatoms. The van der Waals surface area contributed by atoms with Crippen LogP contribution in [-0.2, 0) is 13.1 Å². The van der Waals surface area contributed by atoms with Gasteiger partial charge in [0.2, 0.25) is 0 Å². The molecule has 0 amide bonds. The molecule has 2 heterocycles. The molecule has 2 saturated heterocycles. The minimum absolute atomic E-state index is 0. The van der Waals surface area contributed by atoms with Crippen molar-refractivity contribution in [1.29, 1.82) is 0 Å². The number of rotatable bonds is 8. The second-order valence-corrected chi connectivity index (χ2v) is 9.63. The molecule has 0 atom stereocenters. The zero-order valence-corrected chi connectivity index (χ0v) is 22.6. The number of hydrogen-bond donors (Lipinski definition) is 3. The molecule has 0 bridgehead atoms. The lowest BCUT2D eigenvalue weighted by atomic mass is 10.0. The maximum absolute atomic E-state index is 9.67. The van der Waals surface area contributed by atoms with Crippen LogP contribution in [0.25, 0.3) is 0 Å². The fourth-order valence-electron chi connectivity index (χ4n) is 4.55. The number of aliphatic hydroxyl groups excluding tert-OH is 1. The Bertz CT molecular complexity index is 665. The maximum Gasteiger partial charge on any atom is 0.191 e. The molecule has 0 saturated carbocycles. The third kappa shape index (κ3) is 9.53. The summed E-state index contributed by atoms with van der Waals surface area (Å²) in [6.45, 7) is 14.8. The fraction of sp³-hybridized carbons (Fsp3) is 0.720. The lowest BCUT2D eigenvalue weighted by molar-refractivity contribution is 0.0792. The van der Waals surface area contributed by atoms with Crippen molar-refractivity contribution in [1.82, 2.24) is 20.4 Å². The van der Waals surface area contributed by atoms with Crippen molar-refractivity contribution >= 4 is 29.9 Å². The van der Waals surface area contributed by atoms with Crippen LogP contribution in [-0.4, -0.2) is 72.3 Å². The highest BCUT2D eigenvalue weighted by atomic mass is 127. The van der Waals surface area contributed by atoms with Crippen molar-refractivity contribution in [3.05, 3.63) is 35.4 Å². The van der Waals surface area contributed by atoms with E-state index in [0.717, 1.165) is 50.9 Å². The summed E-state index contributed by atoms with van der Waals surface area (Å²) >= 11 is 0. The van der Waals surface area contributed by atoms with E-state index in [1.54, 1.807) is 0 Å². The number of hydrogen-bond acceptors (Lipinski definition) is 4. The van der Waals surface area contributed by atoms with Crippen molar-refractivity contribution in [3.8, 4) is 0 Å². The van der Waals surface area contributed by atoms with Crippen molar-refractivity contribution in [2.24, 2.45) is 10.9 Å². The molecule has 6 nitrogen and oxygen atoms in total. The monoisotopic (exact) mass is 557 g/mol. The zero-order chi connectivity index (χ0) is 22.1. The van der Waals surface area contributed by atoms with Crippen LogP contribution in [0.2, 0.25) is 0 Å². The van der Waals surface area contributed by atoms with Gasteiger partial charge in [0, 0.05) is 51.9 Å². The lowest BCUT2D eigenvalue weighted by Crippen LogP contribution is -2.49. The summed E-state index contributed by atoms with van der Waals surface area (Å²) in [5, 5.41) is 16.7. The Labute approximate surface area is 212 Å². The first-order valence-corrected chi connectivity index (χ1v) is 12.3. The molecule has 3 N–H and O–H groups in total. The average molecular weight is 558 g/mol. The maximum atomic E-state index is 9.67. The van der Waals surface area contributed by atoms with Crippen LogP contribution in [0.4, 0.5) is 0 Å². The Morgan fingerprint density at radius 1 is 1.00 bits per heavy atom.